The fourth-order valence-electron chi connectivity index (χ4n) is 0. The van der Waals surface area contributed by atoms with Crippen molar-refractivity contribution < 1.29 is 210 Å². The molecule has 0 N–H and O–H groups in total. The van der Waals surface area contributed by atoms with Gasteiger partial charge in [0.25, 0.3) is 0 Å². The first kappa shape index (κ1) is 332. The Labute approximate surface area is 205 Å². The molecular weight excluding hydrogens is 394 g/mol. The van der Waals surface area contributed by atoms with Crippen molar-refractivity contribution >= 4 is 0 Å². The fourth-order valence-corrected chi connectivity index (χ4v) is 0. The van der Waals surface area contributed by atoms with Crippen molar-refractivity contribution in [3.8, 4) is 0 Å². The minimum Gasteiger partial charge on any atom is -2.00 e. The first-order valence-electron chi connectivity index (χ1n) is 0. The van der Waals surface area contributed by atoms with E-state index < -0.39 is 0 Å². The van der Waals surface area contributed by atoms with Gasteiger partial charge in [0.2, 0.25) is 0 Å². The van der Waals surface area contributed by atoms with E-state index in [1.54, 1.807) is 0 Å². The second-order valence-corrected chi connectivity index (χ2v) is 0. The third-order valence-corrected chi connectivity index (χ3v) is 0. The molecule has 15 heavy (non-hydrogen) atoms. The van der Waals surface area contributed by atoms with Gasteiger partial charge in [-0.3, -0.25) is 0 Å². The van der Waals surface area contributed by atoms with E-state index in [0.717, 1.165) is 0 Å². The Morgan fingerprint density at radius 2 is 0.200 bits per heavy atom. The molecule has 0 amide bonds. The molecule has 0 fully saturated rings. The summed E-state index contributed by atoms with van der Waals surface area (Å²) in [5.74, 6) is 0. The van der Waals surface area contributed by atoms with Crippen LogP contribution in [0.1, 0.15) is 0 Å². The van der Waals surface area contributed by atoms with Crippen LogP contribution in [-0.2, 0) is 107 Å². The monoisotopic (exact) mass is 394 g/mol. The molecule has 0 radical (unpaired) electrons. The van der Waals surface area contributed by atoms with E-state index in [-0.39, 0.29) is 210 Å². The predicted octanol–water partition coefficient (Wildman–Crippen LogP) is -7.19. The van der Waals surface area contributed by atoms with Crippen LogP contribution in [0.15, 0.2) is 0 Å². The molecule has 0 atom stereocenters. The maximum Gasteiger partial charge on any atom is 6.00 e. The van der Waals surface area contributed by atoms with Gasteiger partial charge in [-0.1, -0.05) is 0 Å². The normalized spacial score (nSPS) is 0. The predicted molar refractivity (Wildman–Crippen MR) is 6.86 cm³/mol. The van der Waals surface area contributed by atoms with Gasteiger partial charge in [0, 0.05) is 0 Å². The average Bonchev–Trinajstić information content (AvgIpc) is 0. The molecular formula is Cr3K2O10. The molecule has 15 heteroatoms. The van der Waals surface area contributed by atoms with Crippen LogP contribution in [0, 0.1) is 0 Å². The van der Waals surface area contributed by atoms with Gasteiger partial charge >= 0.3 is 155 Å². The topological polar surface area (TPSA) is 285 Å². The van der Waals surface area contributed by atoms with Crippen molar-refractivity contribution in [1.82, 2.24) is 0 Å². The van der Waals surface area contributed by atoms with Gasteiger partial charge in [0.05, 0.1) is 0 Å². The Kier molecular flexibility index (Phi) is 6250. The van der Waals surface area contributed by atoms with Crippen LogP contribution >= 0.6 is 0 Å². The molecule has 0 aromatic rings. The van der Waals surface area contributed by atoms with Crippen LogP contribution in [0.3, 0.4) is 0 Å². The molecule has 80 valence electrons. The summed E-state index contributed by atoms with van der Waals surface area (Å²) in [6.45, 7) is 0. The third-order valence-electron chi connectivity index (χ3n) is 0. The Morgan fingerprint density at radius 1 is 0.200 bits per heavy atom. The van der Waals surface area contributed by atoms with E-state index in [2.05, 4.69) is 0 Å². The largest absolute Gasteiger partial charge is 6.00 e. The maximum atomic E-state index is 0. The number of rotatable bonds is 0. The summed E-state index contributed by atoms with van der Waals surface area (Å²) in [6, 6.07) is 0. The zero-order chi connectivity index (χ0) is 0. The number of hydrogen-bond acceptors (Lipinski definition) is 0. The van der Waals surface area contributed by atoms with Crippen molar-refractivity contribution in [2.45, 2.75) is 0 Å². The summed E-state index contributed by atoms with van der Waals surface area (Å²) in [7, 11) is 0. The third kappa shape index (κ3) is 251. The SMILES string of the molecule is [Cr+6].[Cr+6].[Cr+6].[K+].[K+].[O-2].[O-2].[O-2].[O-2].[O-2].[O-2].[O-2].[O-2].[O-2].[O-2]. The van der Waals surface area contributed by atoms with Gasteiger partial charge in [-0.2, -0.15) is 0 Å². The standard InChI is InChI=1S/3Cr.2K.10O/q3*+6;2*+1;10*-2. The molecule has 0 bridgehead atoms. The van der Waals surface area contributed by atoms with Crippen molar-refractivity contribution in [1.29, 1.82) is 0 Å². The minimum atomic E-state index is 0. The van der Waals surface area contributed by atoms with E-state index in [4.69, 9.17) is 0 Å². The van der Waals surface area contributed by atoms with Gasteiger partial charge in [-0.25, -0.2) is 0 Å². The molecule has 0 spiro atoms. The molecule has 0 aliphatic carbocycles. The van der Waals surface area contributed by atoms with Gasteiger partial charge in [-0.15, -0.1) is 0 Å². The fraction of sp³-hybridized carbons (Fsp3) is 0. The zero-order valence-corrected chi connectivity index (χ0v) is 17.4. The summed E-state index contributed by atoms with van der Waals surface area (Å²) >= 11 is 0. The Bertz CT molecular complexity index is 18.6. The first-order valence-corrected chi connectivity index (χ1v) is 0. The van der Waals surface area contributed by atoms with Crippen LogP contribution in [0.5, 0.6) is 0 Å². The summed E-state index contributed by atoms with van der Waals surface area (Å²) < 4.78 is 0. The van der Waals surface area contributed by atoms with Gasteiger partial charge in [0.15, 0.2) is 0 Å². The van der Waals surface area contributed by atoms with E-state index in [1.807, 2.05) is 0 Å². The molecule has 0 aromatic heterocycles. The molecule has 0 aliphatic rings. The molecule has 0 saturated carbocycles. The van der Waals surface area contributed by atoms with Crippen LogP contribution in [-0.4, -0.2) is 0 Å². The Hall–Kier alpha value is 4.47. The molecule has 10 nitrogen and oxygen atoms in total. The van der Waals surface area contributed by atoms with Gasteiger partial charge in [-0.05, 0) is 0 Å². The summed E-state index contributed by atoms with van der Waals surface area (Å²) in [5, 5.41) is 0. The van der Waals surface area contributed by atoms with Crippen LogP contribution in [0.4, 0.5) is 0 Å². The molecule has 0 heterocycles. The molecule has 0 saturated heterocycles. The second kappa shape index (κ2) is 282. The maximum absolute atomic E-state index is 0. The molecule has 0 rings (SSSR count). The average molecular weight is 394 g/mol. The van der Waals surface area contributed by atoms with Crippen molar-refractivity contribution in [2.75, 3.05) is 0 Å². The van der Waals surface area contributed by atoms with E-state index in [1.165, 1.54) is 0 Å². The van der Waals surface area contributed by atoms with Crippen LogP contribution < -0.4 is 103 Å². The van der Waals surface area contributed by atoms with Gasteiger partial charge < -0.3 is 54.8 Å². The summed E-state index contributed by atoms with van der Waals surface area (Å²) in [4.78, 5) is 0. The Morgan fingerprint density at radius 3 is 0.200 bits per heavy atom. The second-order valence-electron chi connectivity index (χ2n) is 0. The smallest absolute Gasteiger partial charge is 2.00 e. The van der Waals surface area contributed by atoms with E-state index >= 15 is 0 Å². The number of hydrogen-bond donors (Lipinski definition) is 0. The zero-order valence-electron chi connectivity index (χ0n) is 7.31. The van der Waals surface area contributed by atoms with Crippen molar-refractivity contribution in [2.24, 2.45) is 0 Å². The van der Waals surface area contributed by atoms with E-state index in [9.17, 15) is 0 Å². The molecule has 0 unspecified atom stereocenters. The van der Waals surface area contributed by atoms with Crippen molar-refractivity contribution in [3.05, 3.63) is 0 Å². The molecule has 0 aromatic carbocycles. The summed E-state index contributed by atoms with van der Waals surface area (Å²) in [6.07, 6.45) is 0. The summed E-state index contributed by atoms with van der Waals surface area (Å²) in [5.41, 5.74) is 0. The molecule has 0 aliphatic heterocycles. The van der Waals surface area contributed by atoms with E-state index in [0.29, 0.717) is 0 Å². The van der Waals surface area contributed by atoms with Gasteiger partial charge in [0.1, 0.15) is 0 Å². The minimum absolute atomic E-state index is 0. The van der Waals surface area contributed by atoms with Crippen molar-refractivity contribution in [3.63, 3.8) is 0 Å². The van der Waals surface area contributed by atoms with Crippen LogP contribution in [0.25, 0.3) is 0 Å². The first-order chi connectivity index (χ1) is 0. The van der Waals surface area contributed by atoms with Crippen LogP contribution in [0.2, 0.25) is 0 Å². The quantitative estimate of drug-likeness (QED) is 0.346. The Balaban J connectivity index is 0.